The number of esters is 1. The number of allylic oxidation sites excluding steroid dienone is 1. The van der Waals surface area contributed by atoms with Crippen molar-refractivity contribution in [2.75, 3.05) is 20.3 Å². The highest BCUT2D eigenvalue weighted by molar-refractivity contribution is 7.48. The van der Waals surface area contributed by atoms with Crippen molar-refractivity contribution in [3.63, 3.8) is 0 Å². The molecule has 7 heteroatoms. The van der Waals surface area contributed by atoms with Crippen molar-refractivity contribution >= 4 is 13.8 Å². The fourth-order valence-electron chi connectivity index (χ4n) is 1.23. The molecule has 0 aromatic carbocycles. The van der Waals surface area contributed by atoms with Gasteiger partial charge in [0.15, 0.2) is 6.10 Å². The van der Waals surface area contributed by atoms with Crippen molar-refractivity contribution in [2.24, 2.45) is 0 Å². The number of carbonyl (C=O) groups excluding carboxylic acids is 1. The average molecular weight is 294 g/mol. The zero-order valence-corrected chi connectivity index (χ0v) is 13.1. The highest BCUT2D eigenvalue weighted by Gasteiger charge is 2.33. The van der Waals surface area contributed by atoms with Crippen molar-refractivity contribution in [2.45, 2.75) is 40.2 Å². The van der Waals surface area contributed by atoms with Gasteiger partial charge in [0.25, 0.3) is 0 Å². The molecule has 0 rings (SSSR count). The van der Waals surface area contributed by atoms with E-state index >= 15 is 0 Å². The lowest BCUT2D eigenvalue weighted by atomic mass is 10.2. The Balaban J connectivity index is 4.90. The number of ether oxygens (including phenoxy) is 1. The van der Waals surface area contributed by atoms with Gasteiger partial charge in [-0.3, -0.25) is 13.6 Å². The number of phosphoric acid groups is 1. The first kappa shape index (κ1) is 18.3. The van der Waals surface area contributed by atoms with Crippen LogP contribution in [0.1, 0.15) is 34.1 Å². The predicted octanol–water partition coefficient (Wildman–Crippen LogP) is 3.08. The summed E-state index contributed by atoms with van der Waals surface area (Å²) >= 11 is 0. The summed E-state index contributed by atoms with van der Waals surface area (Å²) in [6.07, 6.45) is 1.03. The van der Waals surface area contributed by atoms with Gasteiger partial charge in [0.05, 0.1) is 20.3 Å². The molecule has 0 amide bonds. The number of carbonyl (C=O) groups is 1. The summed E-state index contributed by atoms with van der Waals surface area (Å²) in [5.74, 6) is -0.614. The summed E-state index contributed by atoms with van der Waals surface area (Å²) in [4.78, 5) is 11.6. The molecule has 0 radical (unpaired) electrons. The molecule has 1 unspecified atom stereocenters. The molecule has 0 aliphatic heterocycles. The van der Waals surface area contributed by atoms with E-state index in [4.69, 9.17) is 13.6 Å². The minimum absolute atomic E-state index is 0.161. The number of hydrogen-bond donors (Lipinski definition) is 0. The molecule has 0 spiro atoms. The lowest BCUT2D eigenvalue weighted by Gasteiger charge is -2.21. The van der Waals surface area contributed by atoms with Crippen LogP contribution in [0.3, 0.4) is 0 Å². The van der Waals surface area contributed by atoms with Crippen molar-refractivity contribution < 1.29 is 27.7 Å². The van der Waals surface area contributed by atoms with Crippen LogP contribution in [0, 0.1) is 0 Å². The van der Waals surface area contributed by atoms with Crippen LogP contribution in [0.25, 0.3) is 0 Å². The quantitative estimate of drug-likeness (QED) is 0.370. The Morgan fingerprint density at radius 2 is 1.74 bits per heavy atom. The molecule has 0 N–H and O–H groups in total. The third kappa shape index (κ3) is 7.47. The second kappa shape index (κ2) is 9.26. The van der Waals surface area contributed by atoms with E-state index in [2.05, 4.69) is 4.74 Å². The van der Waals surface area contributed by atoms with E-state index in [1.165, 1.54) is 7.11 Å². The molecule has 0 heterocycles. The summed E-state index contributed by atoms with van der Waals surface area (Å²) in [5, 5.41) is 0. The van der Waals surface area contributed by atoms with E-state index < -0.39 is 19.9 Å². The van der Waals surface area contributed by atoms with Crippen LogP contribution in [-0.2, 0) is 27.7 Å². The highest BCUT2D eigenvalue weighted by atomic mass is 31.2. The first-order valence-electron chi connectivity index (χ1n) is 6.17. The van der Waals surface area contributed by atoms with Gasteiger partial charge < -0.3 is 4.74 Å². The first-order valence-corrected chi connectivity index (χ1v) is 7.63. The molecule has 1 atom stereocenters. The van der Waals surface area contributed by atoms with Crippen LogP contribution in [-0.4, -0.2) is 32.4 Å². The molecule has 0 saturated carbocycles. The Labute approximate surface area is 114 Å². The van der Waals surface area contributed by atoms with Gasteiger partial charge in [0.1, 0.15) is 0 Å². The Morgan fingerprint density at radius 1 is 1.21 bits per heavy atom. The van der Waals surface area contributed by atoms with E-state index in [9.17, 15) is 9.36 Å². The lowest BCUT2D eigenvalue weighted by Crippen LogP contribution is -2.25. The van der Waals surface area contributed by atoms with Gasteiger partial charge in [0, 0.05) is 6.42 Å². The lowest BCUT2D eigenvalue weighted by molar-refractivity contribution is -0.149. The van der Waals surface area contributed by atoms with E-state index in [0.717, 1.165) is 5.57 Å². The van der Waals surface area contributed by atoms with Crippen LogP contribution < -0.4 is 0 Å². The summed E-state index contributed by atoms with van der Waals surface area (Å²) in [7, 11) is -2.49. The second-order valence-corrected chi connectivity index (χ2v) is 5.54. The minimum atomic E-state index is -3.73. The maximum atomic E-state index is 12.2. The van der Waals surface area contributed by atoms with Gasteiger partial charge in [-0.1, -0.05) is 11.6 Å². The third-order valence-corrected chi connectivity index (χ3v) is 3.70. The molecule has 0 aromatic rings. The topological polar surface area (TPSA) is 71.1 Å². The molecular weight excluding hydrogens is 271 g/mol. The molecular formula is C12H23O6P. The van der Waals surface area contributed by atoms with Gasteiger partial charge >= 0.3 is 13.8 Å². The Morgan fingerprint density at radius 3 is 2.11 bits per heavy atom. The van der Waals surface area contributed by atoms with Crippen LogP contribution in [0.4, 0.5) is 0 Å². The largest absolute Gasteiger partial charge is 0.475 e. The third-order valence-electron chi connectivity index (χ3n) is 2.04. The summed E-state index contributed by atoms with van der Waals surface area (Å²) in [6, 6.07) is 0. The van der Waals surface area contributed by atoms with Crippen LogP contribution in [0.2, 0.25) is 0 Å². The monoisotopic (exact) mass is 294 g/mol. The number of rotatable bonds is 9. The summed E-state index contributed by atoms with van der Waals surface area (Å²) in [6.45, 7) is 7.43. The zero-order chi connectivity index (χ0) is 14.9. The summed E-state index contributed by atoms with van der Waals surface area (Å²) in [5.41, 5.74) is 1.01. The van der Waals surface area contributed by atoms with Crippen LogP contribution in [0.15, 0.2) is 11.6 Å². The van der Waals surface area contributed by atoms with Crippen molar-refractivity contribution in [3.8, 4) is 0 Å². The molecule has 0 fully saturated rings. The molecule has 19 heavy (non-hydrogen) atoms. The SMILES string of the molecule is CCOP(=O)(OCC)OC(CC=C(C)C)C(=O)OC. The predicted molar refractivity (Wildman–Crippen MR) is 71.8 cm³/mol. The Bertz CT molecular complexity index is 338. The fraction of sp³-hybridized carbons (Fsp3) is 0.750. The normalized spacial score (nSPS) is 12.9. The second-order valence-electron chi connectivity index (χ2n) is 3.92. The van der Waals surface area contributed by atoms with Crippen LogP contribution >= 0.6 is 7.82 Å². The summed E-state index contributed by atoms with van der Waals surface area (Å²) < 4.78 is 32.0. The molecule has 0 aliphatic rings. The Hall–Kier alpha value is -0.680. The van der Waals surface area contributed by atoms with E-state index in [1.54, 1.807) is 19.9 Å². The van der Waals surface area contributed by atoms with E-state index in [-0.39, 0.29) is 19.6 Å². The number of methoxy groups -OCH3 is 1. The maximum Gasteiger partial charge on any atom is 0.475 e. The number of hydrogen-bond acceptors (Lipinski definition) is 6. The van der Waals surface area contributed by atoms with E-state index in [1.807, 2.05) is 13.8 Å². The molecule has 0 bridgehead atoms. The van der Waals surface area contributed by atoms with Crippen molar-refractivity contribution in [3.05, 3.63) is 11.6 Å². The molecule has 0 aromatic heterocycles. The standard InChI is InChI=1S/C12H23O6P/c1-6-16-19(14,17-7-2)18-11(12(13)15-5)9-8-10(3)4/h8,11H,6-7,9H2,1-5H3. The molecule has 0 saturated heterocycles. The zero-order valence-electron chi connectivity index (χ0n) is 12.2. The van der Waals surface area contributed by atoms with Crippen molar-refractivity contribution in [1.82, 2.24) is 0 Å². The van der Waals surface area contributed by atoms with E-state index in [0.29, 0.717) is 0 Å². The molecule has 112 valence electrons. The maximum absolute atomic E-state index is 12.2. The Kier molecular flexibility index (Phi) is 8.93. The molecule has 0 aliphatic carbocycles. The number of phosphoric ester groups is 1. The molecule has 6 nitrogen and oxygen atoms in total. The van der Waals surface area contributed by atoms with Crippen molar-refractivity contribution in [1.29, 1.82) is 0 Å². The fourth-order valence-corrected chi connectivity index (χ4v) is 2.54. The highest BCUT2D eigenvalue weighted by Crippen LogP contribution is 2.50. The van der Waals surface area contributed by atoms with Gasteiger partial charge in [-0.25, -0.2) is 9.36 Å². The van der Waals surface area contributed by atoms with Gasteiger partial charge in [-0.2, -0.15) is 0 Å². The van der Waals surface area contributed by atoms with Gasteiger partial charge in [-0.05, 0) is 27.7 Å². The average Bonchev–Trinajstić information content (AvgIpc) is 2.34. The van der Waals surface area contributed by atoms with Gasteiger partial charge in [-0.15, -0.1) is 0 Å². The minimum Gasteiger partial charge on any atom is -0.467 e. The van der Waals surface area contributed by atoms with Crippen LogP contribution in [0.5, 0.6) is 0 Å². The smallest absolute Gasteiger partial charge is 0.467 e. The van der Waals surface area contributed by atoms with Gasteiger partial charge in [0.2, 0.25) is 0 Å². The first-order chi connectivity index (χ1) is 8.88.